The van der Waals surface area contributed by atoms with E-state index in [2.05, 4.69) is 20.8 Å². The van der Waals surface area contributed by atoms with Crippen LogP contribution in [0.15, 0.2) is 69.7 Å². The number of carboxylic acids is 1. The van der Waals surface area contributed by atoms with Crippen LogP contribution in [0.3, 0.4) is 0 Å². The van der Waals surface area contributed by atoms with E-state index >= 15 is 0 Å². The molecule has 2 aliphatic heterocycles. The summed E-state index contributed by atoms with van der Waals surface area (Å²) in [5, 5.41) is 41.2. The van der Waals surface area contributed by atoms with Crippen molar-refractivity contribution in [3.63, 3.8) is 0 Å². The van der Waals surface area contributed by atoms with Crippen LogP contribution in [0.2, 0.25) is 0 Å². The third-order valence-electron chi connectivity index (χ3n) is 7.15. The van der Waals surface area contributed by atoms with E-state index in [1.165, 1.54) is 48.0 Å². The molecule has 3 aromatic rings. The molecule has 0 aliphatic carbocycles. The van der Waals surface area contributed by atoms with Gasteiger partial charge in [0.1, 0.15) is 22.6 Å². The number of benzene rings is 2. The Bertz CT molecular complexity index is 1720. The number of carboxylic acid groups (broad SMARTS) is 1. The molecule has 1 fully saturated rings. The summed E-state index contributed by atoms with van der Waals surface area (Å²) >= 11 is 3.80. The number of β-lactam (4-membered cyclic amide) rings is 1. The number of amides is 5. The average molecular weight is 687 g/mol. The van der Waals surface area contributed by atoms with E-state index in [1.54, 1.807) is 35.8 Å². The van der Waals surface area contributed by atoms with Crippen LogP contribution in [0, 0.1) is 0 Å². The number of nitrogens with zero attached hydrogens (tertiary/aromatic N) is 4. The predicted molar refractivity (Wildman–Crippen MR) is 166 cm³/mol. The van der Waals surface area contributed by atoms with Crippen LogP contribution in [-0.4, -0.2) is 102 Å². The van der Waals surface area contributed by atoms with Gasteiger partial charge in [-0.25, -0.2) is 9.59 Å². The minimum Gasteiger partial charge on any atom is -0.504 e. The maximum atomic E-state index is 13.8. The van der Waals surface area contributed by atoms with E-state index in [1.807, 2.05) is 0 Å². The maximum Gasteiger partial charge on any atom is 0.352 e. The number of hydrogen-bond donors (Lipinski definition) is 5. The van der Waals surface area contributed by atoms with Crippen molar-refractivity contribution < 1.29 is 44.0 Å². The highest BCUT2D eigenvalue weighted by atomic mass is 32.2. The number of fused-ring (bicyclic) bond motifs is 1. The van der Waals surface area contributed by atoms with Crippen molar-refractivity contribution in [2.75, 3.05) is 25.7 Å². The van der Waals surface area contributed by atoms with Gasteiger partial charge >= 0.3 is 12.0 Å². The molecule has 18 heteroatoms. The number of aliphatic carboxylic acids is 1. The number of nitrogens with one attached hydrogen (secondary N) is 2. The molecule has 240 valence electrons. The number of rotatable bonds is 10. The highest BCUT2D eigenvalue weighted by Crippen LogP contribution is 2.47. The van der Waals surface area contributed by atoms with Crippen LogP contribution in [0.4, 0.5) is 4.79 Å². The lowest BCUT2D eigenvalue weighted by atomic mass is 9.97. The number of phenolic OH excluding ortho intramolecular Hbond substituents is 2. The standard InChI is InChI=1S/C28H26N6O9S3/c1-33(22(38)15-8-9-17(35)18(36)10-15)26(42)30-19(14-6-4-3-5-7-14)21(37)31-28(43-2)24(41)34-20(23(39)40)16(11-44-25(28)34)12-45-27-32-29-13-46-27/h3-10,13,19,25,35-36H,11-12H2,1-2H3,(H,30,42)(H,31,37)(H,39,40)/t19?,25-,28-/m0/s1. The monoisotopic (exact) mass is 686 g/mol. The molecule has 1 aromatic heterocycles. The Morgan fingerprint density at radius 3 is 2.54 bits per heavy atom. The Kier molecular flexibility index (Phi) is 9.52. The van der Waals surface area contributed by atoms with Gasteiger partial charge < -0.3 is 30.7 Å². The molecule has 3 atom stereocenters. The summed E-state index contributed by atoms with van der Waals surface area (Å²) < 4.78 is 6.20. The van der Waals surface area contributed by atoms with Gasteiger partial charge in [0.2, 0.25) is 5.91 Å². The van der Waals surface area contributed by atoms with Crippen LogP contribution in [0.1, 0.15) is 22.0 Å². The van der Waals surface area contributed by atoms with Crippen LogP contribution in [0.5, 0.6) is 11.5 Å². The summed E-state index contributed by atoms with van der Waals surface area (Å²) in [7, 11) is 2.36. The second-order valence-corrected chi connectivity index (χ2v) is 13.0. The topological polar surface area (TPSA) is 212 Å². The van der Waals surface area contributed by atoms with E-state index in [-0.39, 0.29) is 22.8 Å². The van der Waals surface area contributed by atoms with Crippen molar-refractivity contribution in [2.24, 2.45) is 0 Å². The van der Waals surface area contributed by atoms with E-state index in [0.29, 0.717) is 20.4 Å². The van der Waals surface area contributed by atoms with Crippen molar-refractivity contribution in [3.05, 3.63) is 76.4 Å². The first-order chi connectivity index (χ1) is 22.0. The maximum absolute atomic E-state index is 13.8. The van der Waals surface area contributed by atoms with E-state index in [9.17, 15) is 39.3 Å². The molecule has 46 heavy (non-hydrogen) atoms. The Labute approximate surface area is 273 Å². The van der Waals surface area contributed by atoms with E-state index in [0.717, 1.165) is 24.1 Å². The molecule has 5 amide bonds. The predicted octanol–water partition coefficient (Wildman–Crippen LogP) is 1.98. The number of carbonyl (C=O) groups excluding carboxylic acids is 4. The van der Waals surface area contributed by atoms with Crippen molar-refractivity contribution in [1.29, 1.82) is 0 Å². The third-order valence-corrected chi connectivity index (χ3v) is 10.5. The van der Waals surface area contributed by atoms with Gasteiger partial charge in [-0.05, 0) is 29.3 Å². The molecule has 3 heterocycles. The molecule has 0 radical (unpaired) electrons. The summed E-state index contributed by atoms with van der Waals surface area (Å²) in [5.74, 6) is -4.37. The second kappa shape index (κ2) is 13.4. The third kappa shape index (κ3) is 6.11. The molecule has 2 aliphatic rings. The largest absolute Gasteiger partial charge is 0.504 e. The van der Waals surface area contributed by atoms with Gasteiger partial charge in [0, 0.05) is 31.2 Å². The molecule has 0 bridgehead atoms. The lowest BCUT2D eigenvalue weighted by Gasteiger charge is -2.56. The van der Waals surface area contributed by atoms with Crippen molar-refractivity contribution in [2.45, 2.75) is 21.5 Å². The number of methoxy groups -OCH3 is 1. The fraction of sp³-hybridized carbons (Fsp3) is 0.250. The summed E-state index contributed by atoms with van der Waals surface area (Å²) in [4.78, 5) is 67.7. The highest BCUT2D eigenvalue weighted by Gasteiger charge is 2.67. The smallest absolute Gasteiger partial charge is 0.352 e. The van der Waals surface area contributed by atoms with Gasteiger partial charge in [0.05, 0.1) is 0 Å². The Morgan fingerprint density at radius 1 is 1.17 bits per heavy atom. The molecule has 1 unspecified atom stereocenters. The Balaban J connectivity index is 1.36. The summed E-state index contributed by atoms with van der Waals surface area (Å²) in [6.07, 6.45) is 0. The number of hydrogen-bond acceptors (Lipinski definition) is 13. The molecule has 2 aromatic carbocycles. The SMILES string of the molecule is CO[C@@]1(NC(=O)C(NC(=O)N(C)C(=O)c2ccc(O)c(O)c2)c2ccccc2)C(=O)N2C(C(=O)O)=C(CSc3nncs3)CS[C@H]21. The summed E-state index contributed by atoms with van der Waals surface area (Å²) in [6.45, 7) is 0. The second-order valence-electron chi connectivity index (χ2n) is 9.88. The van der Waals surface area contributed by atoms with Gasteiger partial charge in [-0.3, -0.25) is 24.2 Å². The van der Waals surface area contributed by atoms with Gasteiger partial charge in [-0.15, -0.1) is 22.0 Å². The minimum absolute atomic E-state index is 0.107. The summed E-state index contributed by atoms with van der Waals surface area (Å²) in [5.41, 5.74) is 0.0824. The first-order valence-electron chi connectivity index (χ1n) is 13.3. The van der Waals surface area contributed by atoms with E-state index in [4.69, 9.17) is 4.74 Å². The lowest BCUT2D eigenvalue weighted by molar-refractivity contribution is -0.192. The fourth-order valence-electron chi connectivity index (χ4n) is 4.79. The zero-order valence-corrected chi connectivity index (χ0v) is 26.5. The molecule has 15 nitrogen and oxygen atoms in total. The van der Waals surface area contributed by atoms with Crippen LogP contribution in [-0.2, 0) is 19.1 Å². The number of imide groups is 1. The molecular weight excluding hydrogens is 661 g/mol. The quantitative estimate of drug-likeness (QED) is 0.0895. The zero-order valence-electron chi connectivity index (χ0n) is 24.1. The molecule has 5 rings (SSSR count). The van der Waals surface area contributed by atoms with Gasteiger partial charge in [0.25, 0.3) is 17.5 Å². The van der Waals surface area contributed by atoms with Gasteiger partial charge in [0.15, 0.2) is 15.8 Å². The number of aromatic nitrogens is 2. The first-order valence-corrected chi connectivity index (χ1v) is 16.2. The molecule has 1 saturated heterocycles. The van der Waals surface area contributed by atoms with Crippen LogP contribution < -0.4 is 10.6 Å². The zero-order chi connectivity index (χ0) is 33.2. The Hall–Kier alpha value is -4.65. The number of thioether (sulfide) groups is 2. The molecule has 0 saturated carbocycles. The minimum atomic E-state index is -1.95. The number of phenols is 2. The van der Waals surface area contributed by atoms with Gasteiger partial charge in [-0.1, -0.05) is 53.4 Å². The normalized spacial score (nSPS) is 19.5. The molecular formula is C28H26N6O9S3. The number of carbonyl (C=O) groups is 5. The number of urea groups is 1. The molecule has 0 spiro atoms. The van der Waals surface area contributed by atoms with Crippen molar-refractivity contribution in [1.82, 2.24) is 30.6 Å². The first kappa shape index (κ1) is 32.7. The van der Waals surface area contributed by atoms with Crippen LogP contribution >= 0.6 is 34.9 Å². The molecule has 5 N–H and O–H groups in total. The lowest BCUT2D eigenvalue weighted by Crippen LogP contribution is -2.81. The number of aromatic hydroxyl groups is 2. The summed E-state index contributed by atoms with van der Waals surface area (Å²) in [6, 6.07) is 8.93. The highest BCUT2D eigenvalue weighted by molar-refractivity contribution is 8.01. The fourth-order valence-corrected chi connectivity index (χ4v) is 7.86. The van der Waals surface area contributed by atoms with Crippen LogP contribution in [0.25, 0.3) is 0 Å². The average Bonchev–Trinajstić information content (AvgIpc) is 3.59. The van der Waals surface area contributed by atoms with Crippen molar-refractivity contribution in [3.8, 4) is 11.5 Å². The van der Waals surface area contributed by atoms with Crippen molar-refractivity contribution >= 4 is 64.6 Å². The van der Waals surface area contributed by atoms with Gasteiger partial charge in [-0.2, -0.15) is 0 Å². The Morgan fingerprint density at radius 2 is 1.91 bits per heavy atom. The number of ether oxygens (including phenoxy) is 1. The van der Waals surface area contributed by atoms with E-state index < -0.39 is 58.4 Å².